The molecule has 0 bridgehead atoms. The number of aromatic nitrogens is 2. The topological polar surface area (TPSA) is 55.1 Å². The lowest BCUT2D eigenvalue weighted by atomic mass is 10.1. The van der Waals surface area contributed by atoms with Crippen LogP contribution in [0.5, 0.6) is 0 Å². The first-order valence-electron chi connectivity index (χ1n) is 6.12. The van der Waals surface area contributed by atoms with Crippen LogP contribution in [0.3, 0.4) is 0 Å². The minimum atomic E-state index is -0.814. The molecule has 2 aromatic rings. The quantitative estimate of drug-likeness (QED) is 0.933. The molecular formula is C14H14Cl2N2O2. The van der Waals surface area contributed by atoms with E-state index in [-0.39, 0.29) is 6.42 Å². The molecule has 0 amide bonds. The molecule has 20 heavy (non-hydrogen) atoms. The molecule has 106 valence electrons. The third-order valence-electron chi connectivity index (χ3n) is 3.18. The SMILES string of the molecule is Cc1nn(-c2ccc(Cl)c(Cl)c2)c(C)c1CCC(=O)O. The van der Waals surface area contributed by atoms with Crippen LogP contribution in [-0.4, -0.2) is 20.9 Å². The lowest BCUT2D eigenvalue weighted by molar-refractivity contribution is -0.136. The molecule has 0 saturated heterocycles. The Morgan fingerprint density at radius 2 is 2.00 bits per heavy atom. The van der Waals surface area contributed by atoms with Gasteiger partial charge in [-0.25, -0.2) is 4.68 Å². The summed E-state index contributed by atoms with van der Waals surface area (Å²) in [5.74, 6) is -0.814. The zero-order valence-corrected chi connectivity index (χ0v) is 12.7. The summed E-state index contributed by atoms with van der Waals surface area (Å²) in [5.41, 5.74) is 3.51. The molecule has 2 rings (SSSR count). The van der Waals surface area contributed by atoms with Crippen LogP contribution in [-0.2, 0) is 11.2 Å². The normalized spacial score (nSPS) is 10.8. The van der Waals surface area contributed by atoms with Crippen molar-refractivity contribution in [2.24, 2.45) is 0 Å². The Hall–Kier alpha value is -1.52. The van der Waals surface area contributed by atoms with Gasteiger partial charge in [0.2, 0.25) is 0 Å². The number of carbonyl (C=O) groups is 1. The maximum Gasteiger partial charge on any atom is 0.303 e. The van der Waals surface area contributed by atoms with Crippen LogP contribution in [0.2, 0.25) is 10.0 Å². The number of carboxylic acid groups (broad SMARTS) is 1. The van der Waals surface area contributed by atoms with Gasteiger partial charge >= 0.3 is 5.97 Å². The van der Waals surface area contributed by atoms with Crippen LogP contribution in [0.1, 0.15) is 23.4 Å². The summed E-state index contributed by atoms with van der Waals surface area (Å²) < 4.78 is 1.76. The average molecular weight is 313 g/mol. The molecule has 6 heteroatoms. The van der Waals surface area contributed by atoms with Crippen LogP contribution >= 0.6 is 23.2 Å². The maximum absolute atomic E-state index is 10.7. The van der Waals surface area contributed by atoms with E-state index < -0.39 is 5.97 Å². The summed E-state index contributed by atoms with van der Waals surface area (Å²) in [6.45, 7) is 3.79. The number of benzene rings is 1. The summed E-state index contributed by atoms with van der Waals surface area (Å²) in [6, 6.07) is 5.28. The molecule has 4 nitrogen and oxygen atoms in total. The summed E-state index contributed by atoms with van der Waals surface area (Å²) in [4.78, 5) is 10.7. The Morgan fingerprint density at radius 3 is 2.60 bits per heavy atom. The summed E-state index contributed by atoms with van der Waals surface area (Å²) in [7, 11) is 0. The highest BCUT2D eigenvalue weighted by Crippen LogP contribution is 2.26. The Balaban J connectivity index is 2.40. The van der Waals surface area contributed by atoms with Gasteiger partial charge in [0.15, 0.2) is 0 Å². The molecule has 0 radical (unpaired) electrons. The minimum absolute atomic E-state index is 0.0920. The fourth-order valence-electron chi connectivity index (χ4n) is 2.14. The first kappa shape index (κ1) is 14.9. The Bertz CT molecular complexity index is 665. The Labute approximate surface area is 126 Å². The number of aliphatic carboxylic acids is 1. The number of hydrogen-bond donors (Lipinski definition) is 1. The third-order valence-corrected chi connectivity index (χ3v) is 3.92. The zero-order chi connectivity index (χ0) is 14.9. The highest BCUT2D eigenvalue weighted by atomic mass is 35.5. The number of nitrogens with zero attached hydrogens (tertiary/aromatic N) is 2. The molecule has 1 N–H and O–H groups in total. The van der Waals surface area contributed by atoms with Crippen LogP contribution in [0.4, 0.5) is 0 Å². The zero-order valence-electron chi connectivity index (χ0n) is 11.2. The van der Waals surface area contributed by atoms with Crippen molar-refractivity contribution in [1.82, 2.24) is 9.78 Å². The minimum Gasteiger partial charge on any atom is -0.481 e. The highest BCUT2D eigenvalue weighted by Gasteiger charge is 2.14. The molecule has 1 heterocycles. The molecule has 0 atom stereocenters. The van der Waals surface area contributed by atoms with Gasteiger partial charge in [0.25, 0.3) is 0 Å². The summed E-state index contributed by atoms with van der Waals surface area (Å²) >= 11 is 11.9. The molecule has 0 aliphatic carbocycles. The smallest absolute Gasteiger partial charge is 0.303 e. The van der Waals surface area contributed by atoms with Crippen molar-refractivity contribution >= 4 is 29.2 Å². The fourth-order valence-corrected chi connectivity index (χ4v) is 2.43. The molecule has 0 spiro atoms. The van der Waals surface area contributed by atoms with Gasteiger partial charge in [-0.3, -0.25) is 4.79 Å². The van der Waals surface area contributed by atoms with Gasteiger partial charge in [-0.2, -0.15) is 5.10 Å². The van der Waals surface area contributed by atoms with E-state index in [4.69, 9.17) is 28.3 Å². The standard InChI is InChI=1S/C14H14Cl2N2O2/c1-8-11(4-6-14(19)20)9(2)18(17-8)10-3-5-12(15)13(16)7-10/h3,5,7H,4,6H2,1-2H3,(H,19,20). The number of carboxylic acids is 1. The first-order chi connectivity index (χ1) is 9.40. The van der Waals surface area contributed by atoms with Crippen molar-refractivity contribution in [3.63, 3.8) is 0 Å². The molecular weight excluding hydrogens is 299 g/mol. The lowest BCUT2D eigenvalue weighted by Gasteiger charge is -2.06. The number of halogens is 2. The Kier molecular flexibility index (Phi) is 4.35. The van der Waals surface area contributed by atoms with E-state index in [9.17, 15) is 4.79 Å². The van der Waals surface area contributed by atoms with Gasteiger partial charge in [0, 0.05) is 12.1 Å². The van der Waals surface area contributed by atoms with E-state index in [2.05, 4.69) is 5.10 Å². The van der Waals surface area contributed by atoms with E-state index in [1.165, 1.54) is 0 Å². The van der Waals surface area contributed by atoms with Crippen LogP contribution in [0, 0.1) is 13.8 Å². The van der Waals surface area contributed by atoms with Crippen LogP contribution in [0.15, 0.2) is 18.2 Å². The predicted octanol–water partition coefficient (Wildman–Crippen LogP) is 3.81. The molecule has 0 fully saturated rings. The largest absolute Gasteiger partial charge is 0.481 e. The van der Waals surface area contributed by atoms with Gasteiger partial charge in [0.05, 0.1) is 21.4 Å². The monoisotopic (exact) mass is 312 g/mol. The van der Waals surface area contributed by atoms with Crippen molar-refractivity contribution in [3.05, 3.63) is 45.2 Å². The second kappa shape index (κ2) is 5.85. The summed E-state index contributed by atoms with van der Waals surface area (Å²) in [5, 5.41) is 14.2. The number of rotatable bonds is 4. The molecule has 0 saturated carbocycles. The van der Waals surface area contributed by atoms with E-state index in [1.54, 1.807) is 16.8 Å². The van der Waals surface area contributed by atoms with Gasteiger partial charge < -0.3 is 5.11 Å². The second-order valence-electron chi connectivity index (χ2n) is 4.55. The molecule has 0 unspecified atom stereocenters. The molecule has 0 aliphatic heterocycles. The van der Waals surface area contributed by atoms with Crippen LogP contribution < -0.4 is 0 Å². The summed E-state index contributed by atoms with van der Waals surface area (Å²) in [6.07, 6.45) is 0.559. The van der Waals surface area contributed by atoms with Crippen molar-refractivity contribution in [3.8, 4) is 5.69 Å². The van der Waals surface area contributed by atoms with Crippen molar-refractivity contribution < 1.29 is 9.90 Å². The van der Waals surface area contributed by atoms with E-state index in [1.807, 2.05) is 19.9 Å². The second-order valence-corrected chi connectivity index (χ2v) is 5.37. The van der Waals surface area contributed by atoms with Crippen molar-refractivity contribution in [2.45, 2.75) is 26.7 Å². The highest BCUT2D eigenvalue weighted by molar-refractivity contribution is 6.42. The Morgan fingerprint density at radius 1 is 1.30 bits per heavy atom. The maximum atomic E-state index is 10.7. The fraction of sp³-hybridized carbons (Fsp3) is 0.286. The van der Waals surface area contributed by atoms with Crippen molar-refractivity contribution in [1.29, 1.82) is 0 Å². The van der Waals surface area contributed by atoms with Gasteiger partial charge in [-0.05, 0) is 44.0 Å². The number of aryl methyl sites for hydroxylation is 1. The number of hydrogen-bond acceptors (Lipinski definition) is 2. The van der Waals surface area contributed by atoms with Crippen molar-refractivity contribution in [2.75, 3.05) is 0 Å². The predicted molar refractivity (Wildman–Crippen MR) is 79.0 cm³/mol. The molecule has 1 aromatic heterocycles. The molecule has 0 aliphatic rings. The third kappa shape index (κ3) is 2.97. The van der Waals surface area contributed by atoms with Gasteiger partial charge in [0.1, 0.15) is 0 Å². The average Bonchev–Trinajstić information content (AvgIpc) is 2.66. The molecule has 1 aromatic carbocycles. The van der Waals surface area contributed by atoms with E-state index in [0.29, 0.717) is 16.5 Å². The first-order valence-corrected chi connectivity index (χ1v) is 6.88. The van der Waals surface area contributed by atoms with Crippen LogP contribution in [0.25, 0.3) is 5.69 Å². The van der Waals surface area contributed by atoms with E-state index in [0.717, 1.165) is 22.6 Å². The van der Waals surface area contributed by atoms with E-state index >= 15 is 0 Å². The lowest BCUT2D eigenvalue weighted by Crippen LogP contribution is -2.01. The van der Waals surface area contributed by atoms with Gasteiger partial charge in [-0.15, -0.1) is 0 Å². The van der Waals surface area contributed by atoms with Gasteiger partial charge in [-0.1, -0.05) is 23.2 Å².